The molecule has 0 spiro atoms. The fraction of sp³-hybridized carbons (Fsp3) is 0.450. The number of benzene rings is 1. The van der Waals surface area contributed by atoms with Gasteiger partial charge in [0.25, 0.3) is 5.91 Å². The van der Waals surface area contributed by atoms with E-state index in [1.807, 2.05) is 28.8 Å². The molecule has 0 radical (unpaired) electrons. The summed E-state index contributed by atoms with van der Waals surface area (Å²) in [7, 11) is 1.63. The molecule has 1 N–H and O–H groups in total. The number of carboxylic acid groups (broad SMARTS) is 1. The number of hydrogen-bond donors (Lipinski definition) is 1. The fourth-order valence-corrected chi connectivity index (χ4v) is 3.81. The molecule has 0 saturated carbocycles. The number of carbonyl (C=O) groups excluding carboxylic acids is 1. The number of aromatic nitrogens is 2. The largest absolute Gasteiger partial charge is 0.497 e. The first-order valence-electron chi connectivity index (χ1n) is 9.38. The highest BCUT2D eigenvalue weighted by Crippen LogP contribution is 2.29. The highest BCUT2D eigenvalue weighted by atomic mass is 16.5. The number of aliphatic carboxylic acids is 1. The third kappa shape index (κ3) is 3.47. The van der Waals surface area contributed by atoms with Crippen LogP contribution in [0.5, 0.6) is 5.75 Å². The summed E-state index contributed by atoms with van der Waals surface area (Å²) in [5, 5.41) is 9.11. The van der Waals surface area contributed by atoms with Crippen molar-refractivity contribution < 1.29 is 24.2 Å². The van der Waals surface area contributed by atoms with Gasteiger partial charge in [-0.2, -0.15) is 0 Å². The summed E-state index contributed by atoms with van der Waals surface area (Å²) >= 11 is 0. The molecule has 2 aliphatic rings. The van der Waals surface area contributed by atoms with Crippen LogP contribution in [-0.4, -0.2) is 51.6 Å². The van der Waals surface area contributed by atoms with Crippen molar-refractivity contribution in [1.29, 1.82) is 0 Å². The van der Waals surface area contributed by atoms with Gasteiger partial charge in [0.05, 0.1) is 38.2 Å². The van der Waals surface area contributed by atoms with Crippen LogP contribution in [0.2, 0.25) is 0 Å². The average molecular weight is 385 g/mol. The number of methoxy groups -OCH3 is 1. The van der Waals surface area contributed by atoms with E-state index >= 15 is 0 Å². The number of rotatable bonds is 4. The predicted molar refractivity (Wildman–Crippen MR) is 99.0 cm³/mol. The molecule has 1 amide bonds. The maximum Gasteiger partial charge on any atom is 0.306 e. The smallest absolute Gasteiger partial charge is 0.306 e. The van der Waals surface area contributed by atoms with Gasteiger partial charge >= 0.3 is 5.97 Å². The van der Waals surface area contributed by atoms with Crippen LogP contribution in [0, 0.1) is 5.92 Å². The normalized spacial score (nSPS) is 19.9. The van der Waals surface area contributed by atoms with Crippen LogP contribution >= 0.6 is 0 Å². The van der Waals surface area contributed by atoms with Crippen molar-refractivity contribution in [3.63, 3.8) is 0 Å². The molecule has 4 rings (SSSR count). The van der Waals surface area contributed by atoms with Crippen molar-refractivity contribution in [3.8, 4) is 5.75 Å². The molecule has 0 bridgehead atoms. The van der Waals surface area contributed by atoms with Gasteiger partial charge in [-0.05, 0) is 30.5 Å². The van der Waals surface area contributed by atoms with Gasteiger partial charge in [-0.15, -0.1) is 0 Å². The van der Waals surface area contributed by atoms with Gasteiger partial charge in [-0.3, -0.25) is 9.59 Å². The first kappa shape index (κ1) is 18.5. The topological polar surface area (TPSA) is 93.9 Å². The Morgan fingerprint density at radius 1 is 1.21 bits per heavy atom. The van der Waals surface area contributed by atoms with Crippen LogP contribution in [0.3, 0.4) is 0 Å². The van der Waals surface area contributed by atoms with Crippen molar-refractivity contribution in [2.75, 3.05) is 20.2 Å². The first-order chi connectivity index (χ1) is 13.6. The minimum absolute atomic E-state index is 0.109. The molecule has 1 aromatic heterocycles. The Morgan fingerprint density at radius 3 is 2.57 bits per heavy atom. The van der Waals surface area contributed by atoms with Gasteiger partial charge in [-0.25, -0.2) is 4.98 Å². The van der Waals surface area contributed by atoms with E-state index in [1.54, 1.807) is 18.3 Å². The number of amides is 1. The van der Waals surface area contributed by atoms with Crippen molar-refractivity contribution in [2.24, 2.45) is 5.92 Å². The molecule has 8 nitrogen and oxygen atoms in total. The average Bonchev–Trinajstić information content (AvgIpc) is 3.16. The van der Waals surface area contributed by atoms with Crippen LogP contribution in [0.15, 0.2) is 30.6 Å². The standard InChI is InChI=1S/C20H23N3O5/c1-27-15-4-2-13(3-5-15)17-10-23-12-21-18(16(23)11-28-17)19(24)22-8-6-14(7-9-22)20(25)26/h2-5,12,14,17H,6-11H2,1H3,(H,25,26)/t17-/m0/s1. The molecule has 1 aromatic carbocycles. The van der Waals surface area contributed by atoms with Crippen LogP contribution in [0.25, 0.3) is 0 Å². The van der Waals surface area contributed by atoms with Gasteiger partial charge in [-0.1, -0.05) is 12.1 Å². The van der Waals surface area contributed by atoms with E-state index in [2.05, 4.69) is 4.98 Å². The minimum Gasteiger partial charge on any atom is -0.497 e. The van der Waals surface area contributed by atoms with Gasteiger partial charge in [0.2, 0.25) is 0 Å². The van der Waals surface area contributed by atoms with Crippen molar-refractivity contribution in [2.45, 2.75) is 32.1 Å². The third-order valence-corrected chi connectivity index (χ3v) is 5.55. The SMILES string of the molecule is COc1ccc([C@@H]2Cn3cnc(C(=O)N4CCC(C(=O)O)CC4)c3CO2)cc1. The van der Waals surface area contributed by atoms with Gasteiger partial charge in [0, 0.05) is 13.1 Å². The van der Waals surface area contributed by atoms with Crippen LogP contribution in [-0.2, 0) is 22.7 Å². The Balaban J connectivity index is 1.45. The monoisotopic (exact) mass is 385 g/mol. The maximum atomic E-state index is 12.9. The molecule has 3 heterocycles. The Morgan fingerprint density at radius 2 is 1.93 bits per heavy atom. The first-order valence-corrected chi connectivity index (χ1v) is 9.38. The van der Waals surface area contributed by atoms with E-state index in [1.165, 1.54) is 0 Å². The van der Waals surface area contributed by atoms with Crippen LogP contribution in [0.1, 0.15) is 40.7 Å². The van der Waals surface area contributed by atoms with Crippen LogP contribution < -0.4 is 4.74 Å². The molecule has 2 aliphatic heterocycles. The van der Waals surface area contributed by atoms with Crippen molar-refractivity contribution >= 4 is 11.9 Å². The zero-order valence-electron chi connectivity index (χ0n) is 15.7. The number of carboxylic acids is 1. The lowest BCUT2D eigenvalue weighted by Crippen LogP contribution is -2.41. The lowest BCUT2D eigenvalue weighted by atomic mass is 9.97. The number of imidazole rings is 1. The number of likely N-dealkylation sites (tertiary alicyclic amines) is 1. The van der Waals surface area contributed by atoms with Gasteiger partial charge in [0.1, 0.15) is 11.9 Å². The molecule has 2 aromatic rings. The van der Waals surface area contributed by atoms with Crippen molar-refractivity contribution in [3.05, 3.63) is 47.5 Å². The summed E-state index contributed by atoms with van der Waals surface area (Å²) in [6, 6.07) is 7.75. The summed E-state index contributed by atoms with van der Waals surface area (Å²) in [6.07, 6.45) is 2.54. The van der Waals surface area contributed by atoms with E-state index in [0.717, 1.165) is 17.0 Å². The number of ether oxygens (including phenoxy) is 2. The van der Waals surface area contributed by atoms with E-state index in [4.69, 9.17) is 14.6 Å². The number of piperidine rings is 1. The second kappa shape index (κ2) is 7.63. The fourth-order valence-electron chi connectivity index (χ4n) is 3.81. The minimum atomic E-state index is -0.788. The predicted octanol–water partition coefficient (Wildman–Crippen LogP) is 2.10. The van der Waals surface area contributed by atoms with Gasteiger partial charge in [0.15, 0.2) is 5.69 Å². The molecule has 148 valence electrons. The van der Waals surface area contributed by atoms with E-state index in [-0.39, 0.29) is 17.9 Å². The summed E-state index contributed by atoms with van der Waals surface area (Å²) in [5.74, 6) is -0.510. The Bertz CT molecular complexity index is 868. The summed E-state index contributed by atoms with van der Waals surface area (Å²) in [6.45, 7) is 1.78. The molecule has 1 saturated heterocycles. The molecule has 1 fully saturated rings. The number of fused-ring (bicyclic) bond motifs is 1. The molecular formula is C20H23N3O5. The molecule has 0 unspecified atom stereocenters. The Kier molecular flexibility index (Phi) is 5.04. The lowest BCUT2D eigenvalue weighted by molar-refractivity contribution is -0.143. The van der Waals surface area contributed by atoms with E-state index in [0.29, 0.717) is 44.8 Å². The quantitative estimate of drug-likeness (QED) is 0.866. The van der Waals surface area contributed by atoms with E-state index < -0.39 is 5.97 Å². The lowest BCUT2D eigenvalue weighted by Gasteiger charge is -2.30. The van der Waals surface area contributed by atoms with Gasteiger partial charge < -0.3 is 24.0 Å². The third-order valence-electron chi connectivity index (χ3n) is 5.55. The molecule has 8 heteroatoms. The van der Waals surface area contributed by atoms with E-state index in [9.17, 15) is 9.59 Å². The molecule has 0 aliphatic carbocycles. The molecule has 1 atom stereocenters. The summed E-state index contributed by atoms with van der Waals surface area (Å²) in [4.78, 5) is 30.0. The molecule has 28 heavy (non-hydrogen) atoms. The number of hydrogen-bond acceptors (Lipinski definition) is 5. The Hall–Kier alpha value is -2.87. The van der Waals surface area contributed by atoms with Crippen LogP contribution in [0.4, 0.5) is 0 Å². The summed E-state index contributed by atoms with van der Waals surface area (Å²) in [5.41, 5.74) is 2.22. The summed E-state index contributed by atoms with van der Waals surface area (Å²) < 4.78 is 13.2. The number of nitrogens with zero attached hydrogens (tertiary/aromatic N) is 3. The Labute approximate surface area is 162 Å². The second-order valence-electron chi connectivity index (χ2n) is 7.17. The highest BCUT2D eigenvalue weighted by molar-refractivity contribution is 5.93. The second-order valence-corrected chi connectivity index (χ2v) is 7.17. The number of carbonyl (C=O) groups is 2. The van der Waals surface area contributed by atoms with Crippen molar-refractivity contribution in [1.82, 2.24) is 14.5 Å². The highest BCUT2D eigenvalue weighted by Gasteiger charge is 2.32. The zero-order valence-corrected chi connectivity index (χ0v) is 15.7. The maximum absolute atomic E-state index is 12.9. The molecular weight excluding hydrogens is 362 g/mol. The zero-order chi connectivity index (χ0) is 19.7.